The van der Waals surface area contributed by atoms with Crippen LogP contribution in [0.25, 0.3) is 0 Å². The highest BCUT2D eigenvalue weighted by Crippen LogP contribution is 2.35. The standard InChI is InChI=1S/C16H29N3/c1-15(2,3)12-9-7-8-10-14-13(11-12)17-18-19(14)16(4,5)6/h12H,7-11H2,1-6H3. The Kier molecular flexibility index (Phi) is 3.76. The lowest BCUT2D eigenvalue weighted by atomic mass is 9.74. The number of hydrogen-bond acceptors (Lipinski definition) is 2. The van der Waals surface area contributed by atoms with E-state index in [1.807, 2.05) is 0 Å². The Morgan fingerprint density at radius 1 is 1.05 bits per heavy atom. The Bertz CT molecular complexity index is 432. The molecule has 0 bridgehead atoms. The summed E-state index contributed by atoms with van der Waals surface area (Å²) in [6.07, 6.45) is 6.15. The Balaban J connectivity index is 2.34. The molecule has 2 rings (SSSR count). The van der Waals surface area contributed by atoms with E-state index in [0.29, 0.717) is 5.41 Å². The lowest BCUT2D eigenvalue weighted by molar-refractivity contribution is 0.213. The highest BCUT2D eigenvalue weighted by Gasteiger charge is 2.30. The Labute approximate surface area is 117 Å². The maximum atomic E-state index is 4.50. The van der Waals surface area contributed by atoms with E-state index < -0.39 is 0 Å². The van der Waals surface area contributed by atoms with Crippen molar-refractivity contribution in [3.63, 3.8) is 0 Å². The van der Waals surface area contributed by atoms with Crippen LogP contribution in [0.15, 0.2) is 0 Å². The molecule has 1 unspecified atom stereocenters. The highest BCUT2D eigenvalue weighted by atomic mass is 15.5. The number of aromatic nitrogens is 3. The molecule has 0 saturated carbocycles. The molecule has 1 atom stereocenters. The molecule has 108 valence electrons. The van der Waals surface area contributed by atoms with E-state index in [0.717, 1.165) is 18.8 Å². The van der Waals surface area contributed by atoms with E-state index >= 15 is 0 Å². The topological polar surface area (TPSA) is 30.7 Å². The third kappa shape index (κ3) is 3.18. The van der Waals surface area contributed by atoms with Crippen LogP contribution in [0.5, 0.6) is 0 Å². The Morgan fingerprint density at radius 3 is 2.32 bits per heavy atom. The minimum Gasteiger partial charge on any atom is -0.244 e. The summed E-state index contributed by atoms with van der Waals surface area (Å²) in [6, 6.07) is 0. The van der Waals surface area contributed by atoms with Crippen LogP contribution in [-0.4, -0.2) is 15.0 Å². The van der Waals surface area contributed by atoms with Crippen molar-refractivity contribution < 1.29 is 0 Å². The second-order valence-electron chi connectivity index (χ2n) is 8.08. The van der Waals surface area contributed by atoms with Gasteiger partial charge in [-0.15, -0.1) is 5.10 Å². The smallest absolute Gasteiger partial charge is 0.0862 e. The molecule has 0 saturated heterocycles. The summed E-state index contributed by atoms with van der Waals surface area (Å²) in [5.41, 5.74) is 3.02. The summed E-state index contributed by atoms with van der Waals surface area (Å²) in [6.45, 7) is 13.7. The zero-order chi connectivity index (χ0) is 14.3. The van der Waals surface area contributed by atoms with Crippen LogP contribution in [0.2, 0.25) is 0 Å². The molecule has 3 nitrogen and oxygen atoms in total. The van der Waals surface area contributed by atoms with Crippen LogP contribution in [0.4, 0.5) is 0 Å². The molecule has 0 amide bonds. The summed E-state index contributed by atoms with van der Waals surface area (Å²) in [4.78, 5) is 0. The van der Waals surface area contributed by atoms with Crippen molar-refractivity contribution in [3.05, 3.63) is 11.4 Å². The van der Waals surface area contributed by atoms with Crippen molar-refractivity contribution in [3.8, 4) is 0 Å². The van der Waals surface area contributed by atoms with Crippen molar-refractivity contribution in [2.75, 3.05) is 0 Å². The first-order chi connectivity index (χ1) is 8.69. The first kappa shape index (κ1) is 14.5. The van der Waals surface area contributed by atoms with Crippen LogP contribution < -0.4 is 0 Å². The molecular weight excluding hydrogens is 234 g/mol. The summed E-state index contributed by atoms with van der Waals surface area (Å²) in [5.74, 6) is 0.719. The number of rotatable bonds is 0. The molecule has 0 N–H and O–H groups in total. The lowest BCUT2D eigenvalue weighted by Crippen LogP contribution is -2.27. The highest BCUT2D eigenvalue weighted by molar-refractivity contribution is 5.14. The van der Waals surface area contributed by atoms with Crippen molar-refractivity contribution >= 4 is 0 Å². The molecule has 19 heavy (non-hydrogen) atoms. The summed E-state index contributed by atoms with van der Waals surface area (Å²) in [7, 11) is 0. The molecular formula is C16H29N3. The minimum absolute atomic E-state index is 0.0387. The van der Waals surface area contributed by atoms with Gasteiger partial charge in [-0.3, -0.25) is 0 Å². The zero-order valence-electron chi connectivity index (χ0n) is 13.5. The molecule has 0 fully saturated rings. The number of hydrogen-bond donors (Lipinski definition) is 0. The van der Waals surface area contributed by atoms with Gasteiger partial charge < -0.3 is 0 Å². The molecule has 1 aromatic heterocycles. The Hall–Kier alpha value is -0.860. The van der Waals surface area contributed by atoms with E-state index in [1.54, 1.807) is 0 Å². The molecule has 0 spiro atoms. The quantitative estimate of drug-likeness (QED) is 0.709. The SMILES string of the molecule is CC(C)(C)C1CCCCc2c(nnn2C(C)(C)C)C1. The normalized spacial score (nSPS) is 21.7. The molecule has 1 aliphatic rings. The van der Waals surface area contributed by atoms with Crippen molar-refractivity contribution in [2.24, 2.45) is 11.3 Å². The van der Waals surface area contributed by atoms with Crippen molar-refractivity contribution in [2.45, 2.75) is 79.2 Å². The Morgan fingerprint density at radius 2 is 1.74 bits per heavy atom. The largest absolute Gasteiger partial charge is 0.244 e. The van der Waals surface area contributed by atoms with E-state index in [2.05, 4.69) is 56.5 Å². The summed E-state index contributed by atoms with van der Waals surface area (Å²) >= 11 is 0. The number of nitrogens with zero attached hydrogens (tertiary/aromatic N) is 3. The molecule has 1 aliphatic carbocycles. The van der Waals surface area contributed by atoms with Gasteiger partial charge in [0.15, 0.2) is 0 Å². The second kappa shape index (κ2) is 4.92. The molecule has 1 heterocycles. The first-order valence-electron chi connectivity index (χ1n) is 7.63. The van der Waals surface area contributed by atoms with Crippen molar-refractivity contribution in [1.29, 1.82) is 0 Å². The van der Waals surface area contributed by atoms with E-state index in [1.165, 1.54) is 30.7 Å². The van der Waals surface area contributed by atoms with Crippen LogP contribution in [-0.2, 0) is 18.4 Å². The molecule has 0 radical (unpaired) electrons. The van der Waals surface area contributed by atoms with Gasteiger partial charge >= 0.3 is 0 Å². The summed E-state index contributed by atoms with van der Waals surface area (Å²) in [5, 5.41) is 8.94. The van der Waals surface area contributed by atoms with E-state index in [9.17, 15) is 0 Å². The minimum atomic E-state index is 0.0387. The fraction of sp³-hybridized carbons (Fsp3) is 0.875. The van der Waals surface area contributed by atoms with Gasteiger partial charge in [-0.2, -0.15) is 0 Å². The first-order valence-corrected chi connectivity index (χ1v) is 7.63. The monoisotopic (exact) mass is 263 g/mol. The maximum Gasteiger partial charge on any atom is 0.0862 e. The predicted molar refractivity (Wildman–Crippen MR) is 79.2 cm³/mol. The predicted octanol–water partition coefficient (Wildman–Crippen LogP) is 3.96. The van der Waals surface area contributed by atoms with Gasteiger partial charge in [0.2, 0.25) is 0 Å². The third-order valence-electron chi connectivity index (χ3n) is 4.36. The summed E-state index contributed by atoms with van der Waals surface area (Å²) < 4.78 is 2.15. The van der Waals surface area contributed by atoms with Crippen LogP contribution in [0.3, 0.4) is 0 Å². The van der Waals surface area contributed by atoms with Gasteiger partial charge in [0, 0.05) is 0 Å². The zero-order valence-corrected chi connectivity index (χ0v) is 13.5. The maximum absolute atomic E-state index is 4.50. The van der Waals surface area contributed by atoms with Gasteiger partial charge in [0.25, 0.3) is 0 Å². The van der Waals surface area contributed by atoms with Crippen molar-refractivity contribution in [1.82, 2.24) is 15.0 Å². The molecule has 3 heteroatoms. The van der Waals surface area contributed by atoms with Gasteiger partial charge in [-0.25, -0.2) is 4.68 Å². The van der Waals surface area contributed by atoms with E-state index in [4.69, 9.17) is 0 Å². The molecule has 0 aliphatic heterocycles. The fourth-order valence-corrected chi connectivity index (χ4v) is 3.04. The molecule has 0 aromatic carbocycles. The number of fused-ring (bicyclic) bond motifs is 1. The van der Waals surface area contributed by atoms with Crippen LogP contribution >= 0.6 is 0 Å². The second-order valence-corrected chi connectivity index (χ2v) is 8.08. The van der Waals surface area contributed by atoms with Gasteiger partial charge in [0.1, 0.15) is 0 Å². The fourth-order valence-electron chi connectivity index (χ4n) is 3.04. The van der Waals surface area contributed by atoms with Gasteiger partial charge in [-0.05, 0) is 57.8 Å². The van der Waals surface area contributed by atoms with Gasteiger partial charge in [0.05, 0.1) is 16.9 Å². The average Bonchev–Trinajstić information content (AvgIpc) is 2.57. The average molecular weight is 263 g/mol. The van der Waals surface area contributed by atoms with Crippen LogP contribution in [0.1, 0.15) is 72.2 Å². The molecule has 1 aromatic rings. The van der Waals surface area contributed by atoms with E-state index in [-0.39, 0.29) is 5.54 Å². The van der Waals surface area contributed by atoms with Crippen LogP contribution in [0, 0.1) is 11.3 Å². The third-order valence-corrected chi connectivity index (χ3v) is 4.36. The van der Waals surface area contributed by atoms with Gasteiger partial charge in [-0.1, -0.05) is 32.4 Å². The lowest BCUT2D eigenvalue weighted by Gasteiger charge is -2.32.